The summed E-state index contributed by atoms with van der Waals surface area (Å²) in [7, 11) is 0. The second kappa shape index (κ2) is 16.3. The van der Waals surface area contributed by atoms with Crippen molar-refractivity contribution in [1.82, 2.24) is 0 Å². The van der Waals surface area contributed by atoms with Crippen LogP contribution in [0.2, 0.25) is 0 Å². The molecule has 0 aromatic rings. The third-order valence-electron chi connectivity index (χ3n) is 3.90. The maximum Gasteiger partial charge on any atom is 0.306 e. The summed E-state index contributed by atoms with van der Waals surface area (Å²) >= 11 is 3.38. The number of hydrogen-bond acceptors (Lipinski definition) is 2. The molecule has 0 heterocycles. The molecule has 0 aromatic carbocycles. The summed E-state index contributed by atoms with van der Waals surface area (Å²) in [5, 5.41) is 0.968. The second-order valence-electron chi connectivity index (χ2n) is 5.93. The Hall–Kier alpha value is -0.0500. The van der Waals surface area contributed by atoms with Gasteiger partial charge in [-0.2, -0.15) is 0 Å². The Morgan fingerprint density at radius 1 is 0.905 bits per heavy atom. The van der Waals surface area contributed by atoms with Crippen molar-refractivity contribution < 1.29 is 9.53 Å². The molecule has 126 valence electrons. The van der Waals surface area contributed by atoms with E-state index in [2.05, 4.69) is 29.8 Å². The predicted molar refractivity (Wildman–Crippen MR) is 95.0 cm³/mol. The molecule has 0 amide bonds. The van der Waals surface area contributed by atoms with Crippen molar-refractivity contribution >= 4 is 21.9 Å². The summed E-state index contributed by atoms with van der Waals surface area (Å²) in [6.45, 7) is 4.37. The SMILES string of the molecule is CCCCCCCCCCC(CC)OC(=O)CCCCBr. The Bertz CT molecular complexity index is 231. The molecule has 0 radical (unpaired) electrons. The monoisotopic (exact) mass is 362 g/mol. The molecule has 0 fully saturated rings. The molecule has 0 spiro atoms. The van der Waals surface area contributed by atoms with E-state index in [-0.39, 0.29) is 12.1 Å². The van der Waals surface area contributed by atoms with Gasteiger partial charge in [0.1, 0.15) is 6.10 Å². The molecule has 0 rings (SSSR count). The Labute approximate surface area is 140 Å². The van der Waals surface area contributed by atoms with Crippen molar-refractivity contribution in [2.24, 2.45) is 0 Å². The number of ether oxygens (including phenoxy) is 1. The van der Waals surface area contributed by atoms with Crippen LogP contribution in [0.1, 0.15) is 97.3 Å². The number of hydrogen-bond donors (Lipinski definition) is 0. The third-order valence-corrected chi connectivity index (χ3v) is 4.46. The highest BCUT2D eigenvalue weighted by atomic mass is 79.9. The summed E-state index contributed by atoms with van der Waals surface area (Å²) < 4.78 is 5.55. The molecular weight excluding hydrogens is 328 g/mol. The minimum Gasteiger partial charge on any atom is -0.462 e. The minimum atomic E-state index is -0.0117. The molecule has 0 aliphatic rings. The number of rotatable bonds is 15. The van der Waals surface area contributed by atoms with Gasteiger partial charge in [0.15, 0.2) is 0 Å². The first-order valence-corrected chi connectivity index (χ1v) is 10.1. The van der Waals surface area contributed by atoms with Crippen molar-refractivity contribution in [3.05, 3.63) is 0 Å². The fraction of sp³-hybridized carbons (Fsp3) is 0.944. The van der Waals surface area contributed by atoms with E-state index in [1.807, 2.05) is 0 Å². The molecule has 2 nitrogen and oxygen atoms in total. The molecule has 0 N–H and O–H groups in total. The van der Waals surface area contributed by atoms with E-state index in [4.69, 9.17) is 4.74 Å². The number of halogens is 1. The van der Waals surface area contributed by atoms with Gasteiger partial charge < -0.3 is 4.74 Å². The lowest BCUT2D eigenvalue weighted by Gasteiger charge is -2.16. The van der Waals surface area contributed by atoms with Crippen LogP contribution in [0.15, 0.2) is 0 Å². The number of esters is 1. The van der Waals surface area contributed by atoms with E-state index in [1.165, 1.54) is 51.4 Å². The lowest BCUT2D eigenvalue weighted by molar-refractivity contribution is -0.149. The summed E-state index contributed by atoms with van der Waals surface area (Å²) in [5.74, 6) is -0.0117. The highest BCUT2D eigenvalue weighted by Gasteiger charge is 2.11. The Morgan fingerprint density at radius 2 is 1.52 bits per heavy atom. The molecular formula is C18H35BrO2. The topological polar surface area (TPSA) is 26.3 Å². The van der Waals surface area contributed by atoms with Crippen molar-refractivity contribution in [3.63, 3.8) is 0 Å². The van der Waals surface area contributed by atoms with Crippen LogP contribution in [0.3, 0.4) is 0 Å². The normalized spacial score (nSPS) is 12.3. The zero-order valence-electron chi connectivity index (χ0n) is 14.2. The molecule has 1 atom stereocenters. The van der Waals surface area contributed by atoms with E-state index >= 15 is 0 Å². The fourth-order valence-electron chi connectivity index (χ4n) is 2.46. The van der Waals surface area contributed by atoms with Crippen molar-refractivity contribution in [2.45, 2.75) is 103 Å². The van der Waals surface area contributed by atoms with Gasteiger partial charge >= 0.3 is 5.97 Å². The lowest BCUT2D eigenvalue weighted by Crippen LogP contribution is -2.17. The smallest absolute Gasteiger partial charge is 0.306 e. The summed E-state index contributed by atoms with van der Waals surface area (Å²) in [4.78, 5) is 11.7. The zero-order valence-corrected chi connectivity index (χ0v) is 15.8. The molecule has 0 saturated heterocycles. The molecule has 21 heavy (non-hydrogen) atoms. The van der Waals surface area contributed by atoms with Crippen LogP contribution >= 0.6 is 15.9 Å². The van der Waals surface area contributed by atoms with E-state index < -0.39 is 0 Å². The summed E-state index contributed by atoms with van der Waals surface area (Å²) in [5.41, 5.74) is 0. The number of unbranched alkanes of at least 4 members (excludes halogenated alkanes) is 8. The van der Waals surface area contributed by atoms with Gasteiger partial charge in [0, 0.05) is 11.8 Å². The van der Waals surface area contributed by atoms with E-state index in [9.17, 15) is 4.79 Å². The molecule has 1 unspecified atom stereocenters. The van der Waals surface area contributed by atoms with Crippen LogP contribution in [-0.2, 0) is 9.53 Å². The first-order valence-electron chi connectivity index (χ1n) is 9.00. The van der Waals surface area contributed by atoms with Crippen molar-refractivity contribution in [1.29, 1.82) is 0 Å². The standard InChI is InChI=1S/C18H35BrO2/c1-3-5-6-7-8-9-10-11-14-17(4-2)21-18(20)15-12-13-16-19/h17H,3-16H2,1-2H3. The van der Waals surface area contributed by atoms with Crippen LogP contribution < -0.4 is 0 Å². The van der Waals surface area contributed by atoms with E-state index in [0.29, 0.717) is 6.42 Å². The van der Waals surface area contributed by atoms with Gasteiger partial charge in [0.25, 0.3) is 0 Å². The molecule has 0 aromatic heterocycles. The van der Waals surface area contributed by atoms with Crippen LogP contribution in [0.5, 0.6) is 0 Å². The highest BCUT2D eigenvalue weighted by molar-refractivity contribution is 9.09. The first kappa shape index (κ1) is 20.9. The van der Waals surface area contributed by atoms with Gasteiger partial charge in [-0.3, -0.25) is 4.79 Å². The molecule has 3 heteroatoms. The van der Waals surface area contributed by atoms with Gasteiger partial charge in [0.05, 0.1) is 0 Å². The fourth-order valence-corrected chi connectivity index (χ4v) is 2.86. The number of alkyl halides is 1. The maximum atomic E-state index is 11.7. The zero-order chi connectivity index (χ0) is 15.8. The lowest BCUT2D eigenvalue weighted by atomic mass is 10.0. The Kier molecular flexibility index (Phi) is 16.3. The van der Waals surface area contributed by atoms with Crippen molar-refractivity contribution in [2.75, 3.05) is 5.33 Å². The molecule has 0 saturated carbocycles. The van der Waals surface area contributed by atoms with E-state index in [1.54, 1.807) is 0 Å². The largest absolute Gasteiger partial charge is 0.462 e. The number of carbonyl (C=O) groups excluding carboxylic acids is 1. The van der Waals surface area contributed by atoms with E-state index in [0.717, 1.165) is 31.0 Å². The Morgan fingerprint density at radius 3 is 2.10 bits per heavy atom. The second-order valence-corrected chi connectivity index (χ2v) is 6.72. The average molecular weight is 363 g/mol. The van der Waals surface area contributed by atoms with Gasteiger partial charge in [0.2, 0.25) is 0 Å². The number of carbonyl (C=O) groups is 1. The van der Waals surface area contributed by atoms with Gasteiger partial charge in [-0.25, -0.2) is 0 Å². The quantitative estimate of drug-likeness (QED) is 0.191. The highest BCUT2D eigenvalue weighted by Crippen LogP contribution is 2.14. The third kappa shape index (κ3) is 14.6. The molecule has 0 bridgehead atoms. The average Bonchev–Trinajstić information content (AvgIpc) is 2.49. The van der Waals surface area contributed by atoms with Gasteiger partial charge in [-0.1, -0.05) is 74.7 Å². The van der Waals surface area contributed by atoms with Gasteiger partial charge in [-0.05, 0) is 32.1 Å². The van der Waals surface area contributed by atoms with Crippen molar-refractivity contribution in [3.8, 4) is 0 Å². The first-order chi connectivity index (χ1) is 10.2. The van der Waals surface area contributed by atoms with Crippen LogP contribution in [0.4, 0.5) is 0 Å². The van der Waals surface area contributed by atoms with Crippen LogP contribution in [-0.4, -0.2) is 17.4 Å². The Balaban J connectivity index is 3.50. The van der Waals surface area contributed by atoms with Crippen LogP contribution in [0.25, 0.3) is 0 Å². The minimum absolute atomic E-state index is 0.0117. The predicted octanol–water partition coefficient (Wildman–Crippen LogP) is 6.40. The maximum absolute atomic E-state index is 11.7. The summed E-state index contributed by atoms with van der Waals surface area (Å²) in [6.07, 6.45) is 15.3. The molecule has 0 aliphatic carbocycles. The summed E-state index contributed by atoms with van der Waals surface area (Å²) in [6, 6.07) is 0. The molecule has 0 aliphatic heterocycles. The van der Waals surface area contributed by atoms with Crippen LogP contribution in [0, 0.1) is 0 Å². The van der Waals surface area contributed by atoms with Gasteiger partial charge in [-0.15, -0.1) is 0 Å².